The van der Waals surface area contributed by atoms with Gasteiger partial charge in [0, 0.05) is 16.3 Å². The average molecular weight is 430 g/mol. The number of aryl methyl sites for hydroxylation is 1. The van der Waals surface area contributed by atoms with Crippen LogP contribution in [0.15, 0.2) is 29.1 Å². The van der Waals surface area contributed by atoms with Gasteiger partial charge in [0.2, 0.25) is 5.91 Å². The normalized spacial score (nSPS) is 17.3. The summed E-state index contributed by atoms with van der Waals surface area (Å²) in [5.74, 6) is 0.653. The summed E-state index contributed by atoms with van der Waals surface area (Å²) >= 11 is 7.75. The third-order valence-electron chi connectivity index (χ3n) is 5.71. The zero-order valence-corrected chi connectivity index (χ0v) is 18.1. The molecule has 1 aromatic carbocycles. The Bertz CT molecular complexity index is 1150. The second kappa shape index (κ2) is 7.92. The van der Waals surface area contributed by atoms with Crippen molar-refractivity contribution in [1.82, 2.24) is 9.55 Å². The molecule has 0 radical (unpaired) electrons. The molecule has 5 nitrogen and oxygen atoms in total. The van der Waals surface area contributed by atoms with E-state index in [2.05, 4.69) is 6.92 Å². The Kier molecular flexibility index (Phi) is 5.49. The minimum atomic E-state index is -0.716. The fourth-order valence-corrected chi connectivity index (χ4v) is 5.84. The fraction of sp³-hybridized carbons (Fsp3) is 0.409. The van der Waals surface area contributed by atoms with Gasteiger partial charge in [-0.1, -0.05) is 37.6 Å². The third kappa shape index (κ3) is 3.71. The van der Waals surface area contributed by atoms with Crippen molar-refractivity contribution < 1.29 is 4.79 Å². The van der Waals surface area contributed by atoms with Crippen LogP contribution < -0.4 is 11.3 Å². The van der Waals surface area contributed by atoms with Crippen molar-refractivity contribution >= 4 is 39.1 Å². The highest BCUT2D eigenvalue weighted by Gasteiger charge is 2.28. The molecule has 3 aromatic rings. The number of nitrogens with two attached hydrogens (primary N) is 1. The first-order chi connectivity index (χ1) is 13.9. The molecule has 7 heteroatoms. The highest BCUT2D eigenvalue weighted by Crippen LogP contribution is 2.36. The van der Waals surface area contributed by atoms with Gasteiger partial charge in [0.25, 0.3) is 5.56 Å². The number of amides is 1. The summed E-state index contributed by atoms with van der Waals surface area (Å²) in [5.41, 5.74) is 7.57. The third-order valence-corrected chi connectivity index (χ3v) is 7.10. The van der Waals surface area contributed by atoms with Gasteiger partial charge < -0.3 is 5.73 Å². The van der Waals surface area contributed by atoms with Crippen LogP contribution in [0.25, 0.3) is 10.2 Å². The highest BCUT2D eigenvalue weighted by molar-refractivity contribution is 7.18. The SMILES string of the molecule is CCC(C(N)=O)n1c(Cc2cccc(Cl)c2)nc2sc3c(c2c1=O)CCC(C)C3. The maximum Gasteiger partial charge on any atom is 0.263 e. The van der Waals surface area contributed by atoms with Crippen molar-refractivity contribution in [3.63, 3.8) is 0 Å². The van der Waals surface area contributed by atoms with Gasteiger partial charge in [-0.25, -0.2) is 4.98 Å². The minimum Gasteiger partial charge on any atom is -0.368 e. The lowest BCUT2D eigenvalue weighted by Crippen LogP contribution is -2.36. The quantitative estimate of drug-likeness (QED) is 0.658. The summed E-state index contributed by atoms with van der Waals surface area (Å²) in [6.07, 6.45) is 3.78. The molecule has 2 unspecified atom stereocenters. The minimum absolute atomic E-state index is 0.148. The van der Waals surface area contributed by atoms with Gasteiger partial charge in [-0.3, -0.25) is 14.2 Å². The van der Waals surface area contributed by atoms with E-state index >= 15 is 0 Å². The number of hydrogen-bond donors (Lipinski definition) is 1. The van der Waals surface area contributed by atoms with Gasteiger partial charge in [-0.15, -0.1) is 11.3 Å². The fourth-order valence-electron chi connectivity index (χ4n) is 4.23. The summed E-state index contributed by atoms with van der Waals surface area (Å²) in [6, 6.07) is 6.76. The summed E-state index contributed by atoms with van der Waals surface area (Å²) < 4.78 is 1.52. The monoisotopic (exact) mass is 429 g/mol. The van der Waals surface area contributed by atoms with Crippen LogP contribution in [-0.2, 0) is 24.1 Å². The van der Waals surface area contributed by atoms with E-state index in [4.69, 9.17) is 22.3 Å². The molecule has 4 rings (SSSR count). The van der Waals surface area contributed by atoms with Crippen molar-refractivity contribution in [3.05, 3.63) is 61.5 Å². The number of benzene rings is 1. The first-order valence-corrected chi connectivity index (χ1v) is 11.2. The average Bonchev–Trinajstić information content (AvgIpc) is 3.01. The first-order valence-electron chi connectivity index (χ1n) is 9.98. The van der Waals surface area contributed by atoms with Crippen molar-refractivity contribution in [2.45, 2.75) is 52.0 Å². The van der Waals surface area contributed by atoms with Gasteiger partial charge in [0.1, 0.15) is 16.7 Å². The Balaban J connectivity index is 1.95. The largest absolute Gasteiger partial charge is 0.368 e. The molecule has 0 saturated heterocycles. The summed E-state index contributed by atoms with van der Waals surface area (Å²) in [5, 5.41) is 1.30. The van der Waals surface area contributed by atoms with E-state index in [1.54, 1.807) is 11.3 Å². The first kappa shape index (κ1) is 20.1. The molecular formula is C22H24ClN3O2S. The van der Waals surface area contributed by atoms with Gasteiger partial charge in [-0.05, 0) is 54.9 Å². The number of carbonyl (C=O) groups excluding carboxylic acids is 1. The molecule has 1 aliphatic rings. The maximum absolute atomic E-state index is 13.6. The van der Waals surface area contributed by atoms with Crippen LogP contribution in [0.2, 0.25) is 5.02 Å². The number of aromatic nitrogens is 2. The van der Waals surface area contributed by atoms with Crippen LogP contribution in [0.1, 0.15) is 54.6 Å². The van der Waals surface area contributed by atoms with Crippen LogP contribution in [-0.4, -0.2) is 15.5 Å². The predicted molar refractivity (Wildman–Crippen MR) is 118 cm³/mol. The summed E-state index contributed by atoms with van der Waals surface area (Å²) in [7, 11) is 0. The van der Waals surface area contributed by atoms with Crippen molar-refractivity contribution in [1.29, 1.82) is 0 Å². The van der Waals surface area contributed by atoms with Crippen LogP contribution in [0, 0.1) is 5.92 Å². The molecular weight excluding hydrogens is 406 g/mol. The van der Waals surface area contributed by atoms with E-state index in [0.29, 0.717) is 35.0 Å². The molecule has 152 valence electrons. The topological polar surface area (TPSA) is 78.0 Å². The van der Waals surface area contributed by atoms with E-state index in [1.165, 1.54) is 9.44 Å². The Morgan fingerprint density at radius 3 is 2.93 bits per heavy atom. The van der Waals surface area contributed by atoms with Crippen molar-refractivity contribution in [3.8, 4) is 0 Å². The molecule has 2 aromatic heterocycles. The molecule has 0 saturated carbocycles. The molecule has 29 heavy (non-hydrogen) atoms. The van der Waals surface area contributed by atoms with Gasteiger partial charge in [0.05, 0.1) is 5.39 Å². The van der Waals surface area contributed by atoms with Crippen molar-refractivity contribution in [2.75, 3.05) is 0 Å². The molecule has 0 aliphatic heterocycles. The van der Waals surface area contributed by atoms with E-state index < -0.39 is 11.9 Å². The molecule has 1 aliphatic carbocycles. The summed E-state index contributed by atoms with van der Waals surface area (Å²) in [4.78, 5) is 32.7. The molecule has 2 heterocycles. The van der Waals surface area contributed by atoms with Crippen LogP contribution in [0.4, 0.5) is 0 Å². The number of hydrogen-bond acceptors (Lipinski definition) is 4. The number of nitrogens with zero attached hydrogens (tertiary/aromatic N) is 2. The van der Waals surface area contributed by atoms with E-state index in [-0.39, 0.29) is 5.56 Å². The zero-order valence-electron chi connectivity index (χ0n) is 16.6. The van der Waals surface area contributed by atoms with Gasteiger partial charge in [-0.2, -0.15) is 0 Å². The molecule has 0 spiro atoms. The number of primary amides is 1. The van der Waals surface area contributed by atoms with E-state index in [9.17, 15) is 9.59 Å². The molecule has 2 atom stereocenters. The van der Waals surface area contributed by atoms with Crippen LogP contribution in [0.5, 0.6) is 0 Å². The lowest BCUT2D eigenvalue weighted by atomic mass is 9.89. The predicted octanol–water partition coefficient (Wildman–Crippen LogP) is 4.26. The standard InChI is InChI=1S/C22H24ClN3O2S/c1-3-16(20(24)27)26-18(11-13-5-4-6-14(23)10-13)25-21-19(22(26)28)15-8-7-12(2)9-17(15)29-21/h4-6,10,12,16H,3,7-9,11H2,1-2H3,(H2,24,27). The Morgan fingerprint density at radius 1 is 1.45 bits per heavy atom. The number of thiophene rings is 1. The second-order valence-corrected chi connectivity index (χ2v) is 9.39. The molecule has 0 bridgehead atoms. The molecule has 0 fully saturated rings. The maximum atomic E-state index is 13.6. The zero-order chi connectivity index (χ0) is 20.7. The number of fused-ring (bicyclic) bond motifs is 3. The number of rotatable bonds is 5. The van der Waals surface area contributed by atoms with Gasteiger partial charge in [0.15, 0.2) is 0 Å². The highest BCUT2D eigenvalue weighted by atomic mass is 35.5. The number of halogens is 1. The molecule has 1 amide bonds. The van der Waals surface area contributed by atoms with Crippen LogP contribution in [0.3, 0.4) is 0 Å². The molecule has 2 N–H and O–H groups in total. The summed E-state index contributed by atoms with van der Waals surface area (Å²) in [6.45, 7) is 4.10. The Labute approximate surface area is 178 Å². The lowest BCUT2D eigenvalue weighted by Gasteiger charge is -2.20. The second-order valence-electron chi connectivity index (χ2n) is 7.87. The van der Waals surface area contributed by atoms with Gasteiger partial charge >= 0.3 is 0 Å². The van der Waals surface area contributed by atoms with Crippen molar-refractivity contribution in [2.24, 2.45) is 11.7 Å². The lowest BCUT2D eigenvalue weighted by molar-refractivity contribution is -0.121. The Morgan fingerprint density at radius 2 is 2.24 bits per heavy atom. The van der Waals surface area contributed by atoms with E-state index in [0.717, 1.165) is 35.2 Å². The Hall–Kier alpha value is -2.18. The van der Waals surface area contributed by atoms with E-state index in [1.807, 2.05) is 31.2 Å². The number of carbonyl (C=O) groups is 1. The van der Waals surface area contributed by atoms with Crippen LogP contribution >= 0.6 is 22.9 Å². The smallest absolute Gasteiger partial charge is 0.263 e.